The van der Waals surface area contributed by atoms with Gasteiger partial charge in [-0.2, -0.15) is 0 Å². The molecule has 0 saturated carbocycles. The van der Waals surface area contributed by atoms with Crippen LogP contribution in [0.5, 0.6) is 0 Å². The lowest BCUT2D eigenvalue weighted by Crippen LogP contribution is -2.05. The van der Waals surface area contributed by atoms with E-state index in [2.05, 4.69) is 108 Å². The first-order valence-electron chi connectivity index (χ1n) is 11.5. The second-order valence-corrected chi connectivity index (χ2v) is 8.91. The normalized spacial score (nSPS) is 11.5. The monoisotopic (exact) mass is 442 g/mol. The fourth-order valence-corrected chi connectivity index (χ4v) is 5.07. The molecule has 4 aromatic carbocycles. The van der Waals surface area contributed by atoms with Crippen molar-refractivity contribution < 1.29 is 0 Å². The largest absolute Gasteiger partial charge is 0.396 e. The number of benzene rings is 4. The summed E-state index contributed by atoms with van der Waals surface area (Å²) in [6, 6.07) is 33.6. The third-order valence-corrected chi connectivity index (χ3v) is 6.57. The maximum absolute atomic E-state index is 6.93. The van der Waals surface area contributed by atoms with Crippen molar-refractivity contribution in [3.8, 4) is 22.8 Å². The van der Waals surface area contributed by atoms with Crippen molar-refractivity contribution >= 4 is 33.2 Å². The number of hydrogen-bond acceptors (Lipinski definition) is 2. The van der Waals surface area contributed by atoms with Crippen molar-refractivity contribution in [2.24, 2.45) is 0 Å². The van der Waals surface area contributed by atoms with Gasteiger partial charge in [-0.3, -0.25) is 0 Å². The van der Waals surface area contributed by atoms with E-state index in [1.165, 1.54) is 11.1 Å². The lowest BCUT2D eigenvalue weighted by molar-refractivity contribution is 1.07. The Morgan fingerprint density at radius 3 is 1.32 bits per heavy atom. The average molecular weight is 443 g/mol. The molecule has 2 aromatic heterocycles. The molecule has 6 aromatic rings. The zero-order valence-electron chi connectivity index (χ0n) is 19.3. The maximum Gasteiger partial charge on any atom is 0.0964 e. The van der Waals surface area contributed by atoms with E-state index in [9.17, 15) is 0 Å². The first-order valence-corrected chi connectivity index (χ1v) is 11.5. The molecule has 4 N–H and O–H groups in total. The number of fused-ring (bicyclic) bond motifs is 2. The highest BCUT2D eigenvalue weighted by Gasteiger charge is 2.26. The molecule has 0 bridgehead atoms. The number of nitrogen functional groups attached to an aromatic ring is 2. The van der Waals surface area contributed by atoms with E-state index in [1.807, 2.05) is 12.1 Å². The van der Waals surface area contributed by atoms with E-state index < -0.39 is 0 Å². The van der Waals surface area contributed by atoms with Crippen LogP contribution in [0.1, 0.15) is 11.1 Å². The summed E-state index contributed by atoms with van der Waals surface area (Å²) in [4.78, 5) is 0. The number of nitrogens with two attached hydrogens (primary N) is 2. The van der Waals surface area contributed by atoms with Crippen LogP contribution in [-0.4, -0.2) is 9.13 Å². The number of rotatable bonds is 3. The molecule has 0 aliphatic heterocycles. The van der Waals surface area contributed by atoms with Gasteiger partial charge in [0.15, 0.2) is 0 Å². The van der Waals surface area contributed by atoms with E-state index >= 15 is 0 Å². The number of nitrogens with zero attached hydrogens (tertiary/aromatic N) is 2. The number of para-hydroxylation sites is 2. The van der Waals surface area contributed by atoms with Crippen molar-refractivity contribution in [3.63, 3.8) is 0 Å². The van der Waals surface area contributed by atoms with E-state index in [4.69, 9.17) is 11.5 Å². The summed E-state index contributed by atoms with van der Waals surface area (Å²) in [5, 5.41) is 2.03. The summed E-state index contributed by atoms with van der Waals surface area (Å²) in [5.41, 5.74) is 23.7. The van der Waals surface area contributed by atoms with Crippen molar-refractivity contribution in [2.75, 3.05) is 11.5 Å². The number of aryl methyl sites for hydroxylation is 2. The van der Waals surface area contributed by atoms with Crippen LogP contribution in [-0.2, 0) is 0 Å². The van der Waals surface area contributed by atoms with E-state index in [-0.39, 0.29) is 0 Å². The molecule has 0 unspecified atom stereocenters. The van der Waals surface area contributed by atoms with E-state index in [0.29, 0.717) is 0 Å². The average Bonchev–Trinajstić information content (AvgIpc) is 3.30. The van der Waals surface area contributed by atoms with E-state index in [0.717, 1.165) is 55.9 Å². The molecule has 0 saturated heterocycles. The zero-order chi connectivity index (χ0) is 23.4. The minimum atomic E-state index is 0.723. The van der Waals surface area contributed by atoms with Crippen molar-refractivity contribution in [2.45, 2.75) is 13.8 Å². The van der Waals surface area contributed by atoms with Crippen LogP contribution < -0.4 is 11.5 Å². The lowest BCUT2D eigenvalue weighted by atomic mass is 10.1. The van der Waals surface area contributed by atoms with Gasteiger partial charge in [-0.05, 0) is 61.4 Å². The molecule has 0 aliphatic rings. The highest BCUT2D eigenvalue weighted by molar-refractivity contribution is 6.09. The molecule has 6 rings (SSSR count). The second-order valence-electron chi connectivity index (χ2n) is 8.91. The topological polar surface area (TPSA) is 61.9 Å². The highest BCUT2D eigenvalue weighted by atomic mass is 15.1. The van der Waals surface area contributed by atoms with Crippen LogP contribution in [0, 0.1) is 13.8 Å². The fourth-order valence-electron chi connectivity index (χ4n) is 5.07. The molecule has 0 atom stereocenters. The first kappa shape index (κ1) is 20.2. The molecule has 0 amide bonds. The lowest BCUT2D eigenvalue weighted by Gasteiger charge is -2.17. The molecule has 0 fully saturated rings. The summed E-state index contributed by atoms with van der Waals surface area (Å²) >= 11 is 0. The Kier molecular flexibility index (Phi) is 4.49. The minimum absolute atomic E-state index is 0.723. The maximum atomic E-state index is 6.93. The Hall–Kier alpha value is -4.44. The second kappa shape index (κ2) is 7.56. The Morgan fingerprint density at radius 1 is 0.500 bits per heavy atom. The van der Waals surface area contributed by atoms with Gasteiger partial charge in [-0.1, -0.05) is 60.7 Å². The van der Waals surface area contributed by atoms with Crippen LogP contribution in [0.25, 0.3) is 44.6 Å². The molecule has 2 heterocycles. The number of hydrogen-bond donors (Lipinski definition) is 2. The van der Waals surface area contributed by atoms with Gasteiger partial charge >= 0.3 is 0 Å². The molecular weight excluding hydrogens is 416 g/mol. The molecular formula is C30H26N4. The van der Waals surface area contributed by atoms with Gasteiger partial charge in [0.05, 0.1) is 33.8 Å². The van der Waals surface area contributed by atoms with Gasteiger partial charge < -0.3 is 20.6 Å². The Labute approximate surface area is 198 Å². The van der Waals surface area contributed by atoms with Crippen molar-refractivity contribution in [1.29, 1.82) is 0 Å². The minimum Gasteiger partial charge on any atom is -0.396 e. The van der Waals surface area contributed by atoms with Crippen LogP contribution in [0.2, 0.25) is 0 Å². The molecule has 0 radical (unpaired) electrons. The SMILES string of the molecule is Cc1cccc(-n2c(-c3c(N)c4ccccc4n3-c3cccc(C)c3)c(N)c3ccccc32)c1. The third kappa shape index (κ3) is 2.92. The van der Waals surface area contributed by atoms with Gasteiger partial charge in [0.25, 0.3) is 0 Å². The molecule has 166 valence electrons. The molecule has 34 heavy (non-hydrogen) atoms. The first-order chi connectivity index (χ1) is 16.5. The standard InChI is InChI=1S/C30H26N4/c1-19-9-7-11-21(17-19)33-25-15-5-3-13-23(25)27(31)29(33)30-28(32)24-14-4-6-16-26(24)34(30)22-12-8-10-20(2)18-22/h3-18H,31-32H2,1-2H3. The highest BCUT2D eigenvalue weighted by Crippen LogP contribution is 2.45. The summed E-state index contributed by atoms with van der Waals surface area (Å²) in [6.45, 7) is 4.21. The van der Waals surface area contributed by atoms with Crippen LogP contribution in [0.15, 0.2) is 97.1 Å². The quantitative estimate of drug-likeness (QED) is 0.309. The Morgan fingerprint density at radius 2 is 0.912 bits per heavy atom. The summed E-state index contributed by atoms with van der Waals surface area (Å²) in [7, 11) is 0. The van der Waals surface area contributed by atoms with Crippen LogP contribution in [0.3, 0.4) is 0 Å². The fraction of sp³-hybridized carbons (Fsp3) is 0.0667. The summed E-state index contributed by atoms with van der Waals surface area (Å²) in [6.07, 6.45) is 0. The molecule has 4 nitrogen and oxygen atoms in total. The molecule has 0 aliphatic carbocycles. The smallest absolute Gasteiger partial charge is 0.0964 e. The molecule has 4 heteroatoms. The molecule has 0 spiro atoms. The van der Waals surface area contributed by atoms with E-state index in [1.54, 1.807) is 0 Å². The predicted octanol–water partition coefficient (Wildman–Crippen LogP) is 7.02. The summed E-state index contributed by atoms with van der Waals surface area (Å²) < 4.78 is 4.49. The van der Waals surface area contributed by atoms with Gasteiger partial charge in [0, 0.05) is 22.1 Å². The Balaban J connectivity index is 1.82. The Bertz CT molecular complexity index is 1570. The van der Waals surface area contributed by atoms with Gasteiger partial charge in [-0.25, -0.2) is 0 Å². The van der Waals surface area contributed by atoms with Gasteiger partial charge in [0.2, 0.25) is 0 Å². The van der Waals surface area contributed by atoms with Crippen molar-refractivity contribution in [3.05, 3.63) is 108 Å². The third-order valence-electron chi connectivity index (χ3n) is 6.57. The zero-order valence-corrected chi connectivity index (χ0v) is 19.3. The van der Waals surface area contributed by atoms with Crippen LogP contribution >= 0.6 is 0 Å². The van der Waals surface area contributed by atoms with Crippen molar-refractivity contribution in [1.82, 2.24) is 9.13 Å². The van der Waals surface area contributed by atoms with Crippen LogP contribution in [0.4, 0.5) is 11.4 Å². The number of aromatic nitrogens is 2. The summed E-state index contributed by atoms with van der Waals surface area (Å²) in [5.74, 6) is 0. The predicted molar refractivity (Wildman–Crippen MR) is 144 cm³/mol. The van der Waals surface area contributed by atoms with Gasteiger partial charge in [0.1, 0.15) is 0 Å². The van der Waals surface area contributed by atoms with Gasteiger partial charge in [-0.15, -0.1) is 0 Å². The number of anilines is 2.